The molecule has 0 aromatic heterocycles. The molecule has 0 aromatic carbocycles. The average molecular weight is 204 g/mol. The first-order valence-electron chi connectivity index (χ1n) is 4.66. The number of hydrogen-bond donors (Lipinski definition) is 0. The summed E-state index contributed by atoms with van der Waals surface area (Å²) in [5.74, 6) is 0.297. The third-order valence-electron chi connectivity index (χ3n) is 2.77. The third-order valence-corrected chi connectivity index (χ3v) is 4.41. The fourth-order valence-corrected chi connectivity index (χ4v) is 3.20. The van der Waals surface area contributed by atoms with Crippen LogP contribution in [0.2, 0.25) is 0 Å². The van der Waals surface area contributed by atoms with Crippen molar-refractivity contribution >= 4 is 16.1 Å². The van der Waals surface area contributed by atoms with E-state index in [0.717, 1.165) is 25.5 Å². The highest BCUT2D eigenvalue weighted by Gasteiger charge is 2.28. The Kier molecular flexibility index (Phi) is 3.47. The van der Waals surface area contributed by atoms with Gasteiger partial charge in [-0.15, -0.1) is 0 Å². The molecular weight excluding hydrogens is 188 g/mol. The van der Waals surface area contributed by atoms with E-state index in [1.807, 2.05) is 0 Å². The van der Waals surface area contributed by atoms with Gasteiger partial charge in [0.15, 0.2) is 0 Å². The number of hydrogen-bond acceptors (Lipinski definition) is 3. The van der Waals surface area contributed by atoms with Crippen LogP contribution in [0.3, 0.4) is 0 Å². The maximum Gasteiger partial charge on any atom is 0.150 e. The van der Waals surface area contributed by atoms with Crippen LogP contribution in [0, 0.1) is 5.92 Å². The summed E-state index contributed by atoms with van der Waals surface area (Å²) >= 11 is 0. The second kappa shape index (κ2) is 4.22. The highest BCUT2D eigenvalue weighted by Crippen LogP contribution is 2.29. The van der Waals surface area contributed by atoms with Crippen molar-refractivity contribution in [3.8, 4) is 0 Å². The first kappa shape index (κ1) is 10.7. The lowest BCUT2D eigenvalue weighted by Crippen LogP contribution is -2.27. The first-order valence-corrected chi connectivity index (χ1v) is 6.62. The molecule has 76 valence electrons. The van der Waals surface area contributed by atoms with E-state index in [2.05, 4.69) is 0 Å². The number of carbonyl (C=O) groups excluding carboxylic acids is 1. The van der Waals surface area contributed by atoms with Crippen LogP contribution in [0.15, 0.2) is 0 Å². The SMILES string of the molecule is CS(=O)(=O)C1CCCC(CC=O)C1. The van der Waals surface area contributed by atoms with Crippen LogP contribution >= 0.6 is 0 Å². The molecule has 2 atom stereocenters. The van der Waals surface area contributed by atoms with Crippen LogP contribution in [-0.4, -0.2) is 26.2 Å². The molecule has 1 aliphatic carbocycles. The van der Waals surface area contributed by atoms with E-state index in [1.54, 1.807) is 0 Å². The van der Waals surface area contributed by atoms with Crippen LogP contribution in [0.25, 0.3) is 0 Å². The van der Waals surface area contributed by atoms with E-state index >= 15 is 0 Å². The van der Waals surface area contributed by atoms with Gasteiger partial charge in [0.05, 0.1) is 5.25 Å². The lowest BCUT2D eigenvalue weighted by atomic mass is 9.87. The molecule has 4 heteroatoms. The van der Waals surface area contributed by atoms with Crippen LogP contribution in [-0.2, 0) is 14.6 Å². The molecule has 0 bridgehead atoms. The van der Waals surface area contributed by atoms with Gasteiger partial charge in [-0.25, -0.2) is 8.42 Å². The van der Waals surface area contributed by atoms with Crippen LogP contribution in [0.4, 0.5) is 0 Å². The lowest BCUT2D eigenvalue weighted by Gasteiger charge is -2.26. The molecule has 1 aliphatic rings. The largest absolute Gasteiger partial charge is 0.303 e. The zero-order chi connectivity index (χ0) is 9.90. The van der Waals surface area contributed by atoms with Gasteiger partial charge in [-0.2, -0.15) is 0 Å². The van der Waals surface area contributed by atoms with Gasteiger partial charge in [0.25, 0.3) is 0 Å². The second-order valence-corrected chi connectivity index (χ2v) is 6.21. The molecule has 1 rings (SSSR count). The van der Waals surface area contributed by atoms with E-state index in [9.17, 15) is 13.2 Å². The summed E-state index contributed by atoms with van der Waals surface area (Å²) in [4.78, 5) is 10.3. The number of aldehydes is 1. The van der Waals surface area contributed by atoms with E-state index < -0.39 is 9.84 Å². The Hall–Kier alpha value is -0.380. The monoisotopic (exact) mass is 204 g/mol. The van der Waals surface area contributed by atoms with Gasteiger partial charge < -0.3 is 4.79 Å². The lowest BCUT2D eigenvalue weighted by molar-refractivity contribution is -0.108. The van der Waals surface area contributed by atoms with Crippen molar-refractivity contribution in [2.75, 3.05) is 6.26 Å². The number of carbonyl (C=O) groups is 1. The van der Waals surface area contributed by atoms with E-state index in [4.69, 9.17) is 0 Å². The van der Waals surface area contributed by atoms with E-state index in [0.29, 0.717) is 18.8 Å². The van der Waals surface area contributed by atoms with E-state index in [1.165, 1.54) is 6.26 Å². The van der Waals surface area contributed by atoms with Gasteiger partial charge in [-0.3, -0.25) is 0 Å². The molecule has 1 fully saturated rings. The molecule has 3 nitrogen and oxygen atoms in total. The van der Waals surface area contributed by atoms with Crippen LogP contribution in [0.5, 0.6) is 0 Å². The number of sulfone groups is 1. The Balaban J connectivity index is 2.56. The third kappa shape index (κ3) is 3.10. The Morgan fingerprint density at radius 3 is 2.62 bits per heavy atom. The number of rotatable bonds is 3. The highest BCUT2D eigenvalue weighted by atomic mass is 32.2. The topological polar surface area (TPSA) is 51.2 Å². The minimum absolute atomic E-state index is 0.203. The van der Waals surface area contributed by atoms with Crippen molar-refractivity contribution in [2.24, 2.45) is 5.92 Å². The zero-order valence-electron chi connectivity index (χ0n) is 7.90. The maximum absolute atomic E-state index is 11.2. The average Bonchev–Trinajstić information content (AvgIpc) is 2.04. The van der Waals surface area contributed by atoms with Crippen molar-refractivity contribution in [1.29, 1.82) is 0 Å². The predicted molar refractivity (Wildman–Crippen MR) is 51.3 cm³/mol. The zero-order valence-corrected chi connectivity index (χ0v) is 8.72. The van der Waals surface area contributed by atoms with E-state index in [-0.39, 0.29) is 5.25 Å². The Bertz CT molecular complexity index is 269. The molecule has 0 amide bonds. The van der Waals surface area contributed by atoms with Crippen LogP contribution in [0.1, 0.15) is 32.1 Å². The summed E-state index contributed by atoms with van der Waals surface area (Å²) in [5, 5.41) is -0.203. The Morgan fingerprint density at radius 2 is 2.08 bits per heavy atom. The molecule has 0 radical (unpaired) electrons. The standard InChI is InChI=1S/C9H16O3S/c1-13(11,12)9-4-2-3-8(7-9)5-6-10/h6,8-9H,2-5,7H2,1H3. The van der Waals surface area contributed by atoms with Gasteiger partial charge in [0.1, 0.15) is 16.1 Å². The van der Waals surface area contributed by atoms with Crippen molar-refractivity contribution < 1.29 is 13.2 Å². The summed E-state index contributed by atoms with van der Waals surface area (Å²) < 4.78 is 22.5. The fraction of sp³-hybridized carbons (Fsp3) is 0.889. The molecule has 2 unspecified atom stereocenters. The molecule has 0 aromatic rings. The molecular formula is C9H16O3S. The Morgan fingerprint density at radius 1 is 1.38 bits per heavy atom. The summed E-state index contributed by atoms with van der Waals surface area (Å²) in [7, 11) is -2.89. The summed E-state index contributed by atoms with van der Waals surface area (Å²) in [6, 6.07) is 0. The first-order chi connectivity index (χ1) is 6.04. The van der Waals surface area contributed by atoms with Crippen molar-refractivity contribution in [2.45, 2.75) is 37.4 Å². The summed E-state index contributed by atoms with van der Waals surface area (Å²) in [5.41, 5.74) is 0. The molecule has 0 spiro atoms. The predicted octanol–water partition coefficient (Wildman–Crippen LogP) is 1.18. The van der Waals surface area contributed by atoms with Gasteiger partial charge >= 0.3 is 0 Å². The Labute approximate surface area is 79.4 Å². The highest BCUT2D eigenvalue weighted by molar-refractivity contribution is 7.91. The minimum Gasteiger partial charge on any atom is -0.303 e. The second-order valence-electron chi connectivity index (χ2n) is 3.89. The van der Waals surface area contributed by atoms with Crippen molar-refractivity contribution in [3.05, 3.63) is 0 Å². The molecule has 13 heavy (non-hydrogen) atoms. The minimum atomic E-state index is -2.89. The molecule has 0 heterocycles. The van der Waals surface area contributed by atoms with Gasteiger partial charge in [-0.05, 0) is 25.2 Å². The summed E-state index contributed by atoms with van der Waals surface area (Å²) in [6.45, 7) is 0. The molecule has 0 N–H and O–H groups in total. The fourth-order valence-electron chi connectivity index (χ4n) is 1.98. The molecule has 0 saturated heterocycles. The van der Waals surface area contributed by atoms with Gasteiger partial charge in [-0.1, -0.05) is 6.42 Å². The molecule has 1 saturated carbocycles. The summed E-state index contributed by atoms with van der Waals surface area (Å²) in [6.07, 6.45) is 6.11. The van der Waals surface area contributed by atoms with Gasteiger partial charge in [0.2, 0.25) is 0 Å². The van der Waals surface area contributed by atoms with Gasteiger partial charge in [0, 0.05) is 12.7 Å². The molecule has 0 aliphatic heterocycles. The van der Waals surface area contributed by atoms with Crippen molar-refractivity contribution in [1.82, 2.24) is 0 Å². The quantitative estimate of drug-likeness (QED) is 0.649. The smallest absolute Gasteiger partial charge is 0.150 e. The van der Waals surface area contributed by atoms with Crippen LogP contribution < -0.4 is 0 Å². The van der Waals surface area contributed by atoms with Crippen molar-refractivity contribution in [3.63, 3.8) is 0 Å². The normalized spacial score (nSPS) is 29.9. The maximum atomic E-state index is 11.2.